The number of thiophene rings is 1. The molecule has 0 amide bonds. The van der Waals surface area contributed by atoms with Gasteiger partial charge in [-0.15, -0.1) is 21.5 Å². The Bertz CT molecular complexity index is 568. The lowest BCUT2D eigenvalue weighted by Crippen LogP contribution is -2.20. The number of hydrogen-bond donors (Lipinski definition) is 1. The van der Waals surface area contributed by atoms with Crippen molar-refractivity contribution in [3.8, 4) is 0 Å². The highest BCUT2D eigenvalue weighted by Gasteiger charge is 2.16. The fourth-order valence-electron chi connectivity index (χ4n) is 1.78. The predicted octanol–water partition coefficient (Wildman–Crippen LogP) is 2.17. The Morgan fingerprint density at radius 2 is 2.35 bits per heavy atom. The summed E-state index contributed by atoms with van der Waals surface area (Å²) in [6, 6.07) is 4.10. The molecule has 0 aliphatic carbocycles. The molecule has 2 rings (SSSR count). The van der Waals surface area contributed by atoms with Gasteiger partial charge >= 0.3 is 5.97 Å². The zero-order valence-electron chi connectivity index (χ0n) is 11.3. The zero-order chi connectivity index (χ0) is 14.5. The van der Waals surface area contributed by atoms with Crippen molar-refractivity contribution in [2.75, 3.05) is 17.7 Å². The van der Waals surface area contributed by atoms with Crippen LogP contribution in [0.5, 0.6) is 0 Å². The normalized spacial score (nSPS) is 10.7. The third-order valence-corrected chi connectivity index (χ3v) is 4.47. The molecule has 0 aliphatic rings. The molecule has 108 valence electrons. The van der Waals surface area contributed by atoms with Crippen LogP contribution in [0.2, 0.25) is 0 Å². The van der Waals surface area contributed by atoms with Crippen LogP contribution in [0.1, 0.15) is 11.8 Å². The first kappa shape index (κ1) is 14.9. The Labute approximate surface area is 125 Å². The lowest BCUT2D eigenvalue weighted by Gasteiger charge is -2.18. The molecule has 2 aromatic heterocycles. The molecule has 6 nitrogen and oxygen atoms in total. The summed E-state index contributed by atoms with van der Waals surface area (Å²) < 4.78 is 1.93. The highest BCUT2D eigenvalue weighted by atomic mass is 32.2. The van der Waals surface area contributed by atoms with E-state index in [4.69, 9.17) is 5.11 Å². The Morgan fingerprint density at radius 1 is 1.55 bits per heavy atom. The van der Waals surface area contributed by atoms with Crippen LogP contribution in [0.3, 0.4) is 0 Å². The van der Waals surface area contributed by atoms with E-state index in [1.54, 1.807) is 11.3 Å². The lowest BCUT2D eigenvalue weighted by atomic mass is 10.4. The van der Waals surface area contributed by atoms with E-state index in [1.807, 2.05) is 34.9 Å². The SMILES string of the molecule is CCn1c(SCC(=O)O)nnc1N(C)Cc1cccs1. The van der Waals surface area contributed by atoms with Gasteiger partial charge in [0.15, 0.2) is 5.16 Å². The molecule has 1 N–H and O–H groups in total. The van der Waals surface area contributed by atoms with Crippen LogP contribution in [0.15, 0.2) is 22.7 Å². The first-order chi connectivity index (χ1) is 9.61. The average Bonchev–Trinajstić information content (AvgIpc) is 3.04. The van der Waals surface area contributed by atoms with E-state index in [0.29, 0.717) is 11.7 Å². The minimum atomic E-state index is -0.853. The summed E-state index contributed by atoms with van der Waals surface area (Å²) >= 11 is 2.89. The van der Waals surface area contributed by atoms with Gasteiger partial charge in [0.25, 0.3) is 0 Å². The molecule has 0 atom stereocenters. The first-order valence-electron chi connectivity index (χ1n) is 6.13. The van der Waals surface area contributed by atoms with E-state index in [0.717, 1.165) is 12.5 Å². The van der Waals surface area contributed by atoms with E-state index >= 15 is 0 Å². The molecular formula is C12H16N4O2S2. The summed E-state index contributed by atoms with van der Waals surface area (Å²) in [5.41, 5.74) is 0. The summed E-state index contributed by atoms with van der Waals surface area (Å²) in [7, 11) is 1.96. The molecule has 0 aromatic carbocycles. The van der Waals surface area contributed by atoms with Gasteiger partial charge in [0.1, 0.15) is 0 Å². The maximum absolute atomic E-state index is 10.6. The van der Waals surface area contributed by atoms with E-state index in [2.05, 4.69) is 16.3 Å². The molecule has 8 heteroatoms. The van der Waals surface area contributed by atoms with Gasteiger partial charge in [-0.25, -0.2) is 0 Å². The Balaban J connectivity index is 2.12. The van der Waals surface area contributed by atoms with Gasteiger partial charge in [0.05, 0.1) is 12.3 Å². The number of hydrogen-bond acceptors (Lipinski definition) is 6. The zero-order valence-corrected chi connectivity index (χ0v) is 12.9. The second-order valence-corrected chi connectivity index (χ2v) is 6.12. The molecule has 0 bridgehead atoms. The second-order valence-electron chi connectivity index (χ2n) is 4.14. The van der Waals surface area contributed by atoms with Crippen molar-refractivity contribution in [2.24, 2.45) is 0 Å². The molecule has 0 radical (unpaired) electrons. The number of anilines is 1. The van der Waals surface area contributed by atoms with Crippen molar-refractivity contribution in [3.05, 3.63) is 22.4 Å². The van der Waals surface area contributed by atoms with Gasteiger partial charge in [0, 0.05) is 18.5 Å². The molecule has 0 aliphatic heterocycles. The van der Waals surface area contributed by atoms with Crippen LogP contribution in [0.4, 0.5) is 5.95 Å². The van der Waals surface area contributed by atoms with Crippen molar-refractivity contribution >= 4 is 35.0 Å². The highest BCUT2D eigenvalue weighted by molar-refractivity contribution is 7.99. The largest absolute Gasteiger partial charge is 0.481 e. The fourth-order valence-corrected chi connectivity index (χ4v) is 3.26. The van der Waals surface area contributed by atoms with E-state index < -0.39 is 5.97 Å². The fraction of sp³-hybridized carbons (Fsp3) is 0.417. The van der Waals surface area contributed by atoms with Crippen LogP contribution in [-0.4, -0.2) is 38.6 Å². The lowest BCUT2D eigenvalue weighted by molar-refractivity contribution is -0.133. The number of nitrogens with zero attached hydrogens (tertiary/aromatic N) is 4. The number of carboxylic acid groups (broad SMARTS) is 1. The van der Waals surface area contributed by atoms with Crippen molar-refractivity contribution in [3.63, 3.8) is 0 Å². The third-order valence-electron chi connectivity index (χ3n) is 2.65. The molecular weight excluding hydrogens is 296 g/mol. The molecule has 20 heavy (non-hydrogen) atoms. The van der Waals surface area contributed by atoms with E-state index in [-0.39, 0.29) is 5.75 Å². The number of rotatable bonds is 7. The Hall–Kier alpha value is -1.54. The number of thioether (sulfide) groups is 1. The summed E-state index contributed by atoms with van der Waals surface area (Å²) in [6.45, 7) is 3.47. The number of aromatic nitrogens is 3. The van der Waals surface area contributed by atoms with Crippen LogP contribution in [-0.2, 0) is 17.9 Å². The first-order valence-corrected chi connectivity index (χ1v) is 7.99. The maximum atomic E-state index is 10.6. The Morgan fingerprint density at radius 3 is 2.95 bits per heavy atom. The number of carboxylic acids is 1. The van der Waals surface area contributed by atoms with Crippen LogP contribution in [0.25, 0.3) is 0 Å². The minimum absolute atomic E-state index is 0.00717. The highest BCUT2D eigenvalue weighted by Crippen LogP contribution is 2.23. The summed E-state index contributed by atoms with van der Waals surface area (Å²) in [5, 5.41) is 19.7. The summed E-state index contributed by atoms with van der Waals surface area (Å²) in [4.78, 5) is 13.9. The average molecular weight is 312 g/mol. The monoisotopic (exact) mass is 312 g/mol. The standard InChI is InChI=1S/C12H16N4O2S2/c1-3-16-11(13-14-12(16)20-8-10(17)18)15(2)7-9-5-4-6-19-9/h4-6H,3,7-8H2,1-2H3,(H,17,18). The van der Waals surface area contributed by atoms with Crippen molar-refractivity contribution in [1.29, 1.82) is 0 Å². The van der Waals surface area contributed by atoms with Gasteiger partial charge in [-0.1, -0.05) is 17.8 Å². The predicted molar refractivity (Wildman–Crippen MR) is 80.5 cm³/mol. The Kier molecular flexibility index (Phi) is 5.02. The number of aliphatic carboxylic acids is 1. The van der Waals surface area contributed by atoms with Crippen molar-refractivity contribution in [1.82, 2.24) is 14.8 Å². The topological polar surface area (TPSA) is 71.2 Å². The molecule has 2 heterocycles. The van der Waals surface area contributed by atoms with Crippen molar-refractivity contribution in [2.45, 2.75) is 25.2 Å². The van der Waals surface area contributed by atoms with Gasteiger partial charge in [-0.05, 0) is 18.4 Å². The molecule has 2 aromatic rings. The maximum Gasteiger partial charge on any atom is 0.313 e. The van der Waals surface area contributed by atoms with Gasteiger partial charge in [-0.3, -0.25) is 9.36 Å². The number of carbonyl (C=O) groups is 1. The van der Waals surface area contributed by atoms with Crippen LogP contribution < -0.4 is 4.90 Å². The van der Waals surface area contributed by atoms with Crippen molar-refractivity contribution < 1.29 is 9.90 Å². The summed E-state index contributed by atoms with van der Waals surface area (Å²) in [5.74, 6) is -0.102. The summed E-state index contributed by atoms with van der Waals surface area (Å²) in [6.07, 6.45) is 0. The molecule has 0 saturated carbocycles. The second kappa shape index (κ2) is 6.76. The smallest absolute Gasteiger partial charge is 0.313 e. The minimum Gasteiger partial charge on any atom is -0.481 e. The van der Waals surface area contributed by atoms with Crippen LogP contribution in [0, 0.1) is 0 Å². The molecule has 0 spiro atoms. The van der Waals surface area contributed by atoms with E-state index in [9.17, 15) is 4.79 Å². The van der Waals surface area contributed by atoms with Gasteiger partial charge in [-0.2, -0.15) is 0 Å². The van der Waals surface area contributed by atoms with E-state index in [1.165, 1.54) is 16.6 Å². The van der Waals surface area contributed by atoms with Gasteiger partial charge < -0.3 is 10.0 Å². The molecule has 0 unspecified atom stereocenters. The van der Waals surface area contributed by atoms with Crippen LogP contribution >= 0.6 is 23.1 Å². The van der Waals surface area contributed by atoms with Gasteiger partial charge in [0.2, 0.25) is 5.95 Å². The molecule has 0 fully saturated rings. The quantitative estimate of drug-likeness (QED) is 0.790. The molecule has 0 saturated heterocycles. The third kappa shape index (κ3) is 3.51.